The minimum Gasteiger partial charge on any atom is -0.465 e. The lowest BCUT2D eigenvalue weighted by Gasteiger charge is -2.30. The lowest BCUT2D eigenvalue weighted by Crippen LogP contribution is -2.35. The maximum absolute atomic E-state index is 13.3. The predicted molar refractivity (Wildman–Crippen MR) is 126 cm³/mol. The third kappa shape index (κ3) is 4.47. The van der Waals surface area contributed by atoms with Crippen LogP contribution >= 0.6 is 0 Å². The van der Waals surface area contributed by atoms with Crippen molar-refractivity contribution in [2.75, 3.05) is 23.3 Å². The van der Waals surface area contributed by atoms with E-state index in [2.05, 4.69) is 5.32 Å². The van der Waals surface area contributed by atoms with Gasteiger partial charge < -0.3 is 10.1 Å². The number of aryl methyl sites for hydroxylation is 2. The Morgan fingerprint density at radius 3 is 2.45 bits per heavy atom. The summed E-state index contributed by atoms with van der Waals surface area (Å²) in [5, 5.41) is 2.75. The number of anilines is 2. The van der Waals surface area contributed by atoms with Crippen molar-refractivity contribution >= 4 is 33.3 Å². The van der Waals surface area contributed by atoms with E-state index in [1.54, 1.807) is 66.7 Å². The molecule has 1 aliphatic heterocycles. The molecule has 0 bridgehead atoms. The number of fused-ring (bicyclic) bond motifs is 1. The number of carbonyl (C=O) groups is 2. The molecule has 0 radical (unpaired) electrons. The molecule has 4 rings (SSSR count). The van der Waals surface area contributed by atoms with Gasteiger partial charge in [-0.15, -0.1) is 0 Å². The third-order valence-corrected chi connectivity index (χ3v) is 7.43. The summed E-state index contributed by atoms with van der Waals surface area (Å²) in [5.41, 5.74) is 3.32. The van der Waals surface area contributed by atoms with Crippen molar-refractivity contribution in [1.82, 2.24) is 0 Å². The summed E-state index contributed by atoms with van der Waals surface area (Å²) in [7, 11) is -2.43. The van der Waals surface area contributed by atoms with Crippen LogP contribution < -0.4 is 9.62 Å². The molecule has 8 heteroatoms. The molecule has 0 spiro atoms. The number of sulfonamides is 1. The number of hydrogen-bond acceptors (Lipinski definition) is 5. The van der Waals surface area contributed by atoms with E-state index in [1.165, 1.54) is 11.4 Å². The first-order chi connectivity index (χ1) is 15.8. The molecule has 0 fully saturated rings. The first-order valence-corrected chi connectivity index (χ1v) is 12.0. The number of carbonyl (C=O) groups excluding carboxylic acids is 2. The first kappa shape index (κ1) is 22.5. The minimum absolute atomic E-state index is 0.238. The van der Waals surface area contributed by atoms with Crippen LogP contribution in [0.1, 0.15) is 38.3 Å². The van der Waals surface area contributed by atoms with E-state index in [9.17, 15) is 18.0 Å². The molecule has 1 heterocycles. The fourth-order valence-corrected chi connectivity index (χ4v) is 5.41. The van der Waals surface area contributed by atoms with E-state index in [0.717, 1.165) is 11.1 Å². The lowest BCUT2D eigenvalue weighted by atomic mass is 10.0. The topological polar surface area (TPSA) is 92.8 Å². The van der Waals surface area contributed by atoms with Crippen molar-refractivity contribution in [3.8, 4) is 0 Å². The van der Waals surface area contributed by atoms with E-state index in [1.807, 2.05) is 6.92 Å². The monoisotopic (exact) mass is 464 g/mol. The van der Waals surface area contributed by atoms with Gasteiger partial charge in [-0.3, -0.25) is 9.10 Å². The van der Waals surface area contributed by atoms with E-state index >= 15 is 0 Å². The van der Waals surface area contributed by atoms with Crippen LogP contribution in [-0.4, -0.2) is 33.9 Å². The van der Waals surface area contributed by atoms with Crippen LogP contribution in [0.15, 0.2) is 71.6 Å². The van der Waals surface area contributed by atoms with Gasteiger partial charge in [0.1, 0.15) is 0 Å². The second-order valence-electron chi connectivity index (χ2n) is 7.83. The molecule has 1 N–H and O–H groups in total. The van der Waals surface area contributed by atoms with Gasteiger partial charge in [-0.05, 0) is 67.8 Å². The molecule has 0 aromatic heterocycles. The molecule has 0 saturated carbocycles. The Kier molecular flexibility index (Phi) is 6.20. The maximum Gasteiger partial charge on any atom is 0.339 e. The molecule has 33 heavy (non-hydrogen) atoms. The van der Waals surface area contributed by atoms with Crippen LogP contribution in [0.25, 0.3) is 0 Å². The number of ether oxygens (including phenoxy) is 1. The zero-order valence-corrected chi connectivity index (χ0v) is 19.2. The van der Waals surface area contributed by atoms with E-state index < -0.39 is 21.9 Å². The summed E-state index contributed by atoms with van der Waals surface area (Å²) >= 11 is 0. The van der Waals surface area contributed by atoms with Crippen molar-refractivity contribution in [1.29, 1.82) is 0 Å². The molecule has 3 aromatic rings. The third-order valence-electron chi connectivity index (χ3n) is 5.61. The zero-order chi connectivity index (χ0) is 23.6. The number of esters is 1. The van der Waals surface area contributed by atoms with Crippen LogP contribution in [0.4, 0.5) is 11.4 Å². The summed E-state index contributed by atoms with van der Waals surface area (Å²) in [4.78, 5) is 25.1. The highest BCUT2D eigenvalue weighted by molar-refractivity contribution is 7.92. The van der Waals surface area contributed by atoms with Gasteiger partial charge in [0.15, 0.2) is 0 Å². The molecule has 0 atom stereocenters. The molecule has 0 aliphatic carbocycles. The second-order valence-corrected chi connectivity index (χ2v) is 9.69. The largest absolute Gasteiger partial charge is 0.465 e. The Balaban J connectivity index is 1.62. The molecule has 0 saturated heterocycles. The van der Waals surface area contributed by atoms with E-state index in [4.69, 9.17) is 4.74 Å². The van der Waals surface area contributed by atoms with Crippen molar-refractivity contribution in [2.24, 2.45) is 0 Å². The quantitative estimate of drug-likeness (QED) is 0.572. The van der Waals surface area contributed by atoms with Gasteiger partial charge in [0.2, 0.25) is 0 Å². The summed E-state index contributed by atoms with van der Waals surface area (Å²) in [6.45, 7) is 2.28. The number of benzene rings is 3. The van der Waals surface area contributed by atoms with Gasteiger partial charge in [-0.25, -0.2) is 13.2 Å². The van der Waals surface area contributed by atoms with Crippen LogP contribution in [0, 0.1) is 6.92 Å². The lowest BCUT2D eigenvalue weighted by molar-refractivity contribution is 0.0602. The van der Waals surface area contributed by atoms with Crippen molar-refractivity contribution < 1.29 is 22.7 Å². The highest BCUT2D eigenvalue weighted by Crippen LogP contribution is 2.33. The molecule has 0 unspecified atom stereocenters. The molecule has 3 aromatic carbocycles. The Bertz CT molecular complexity index is 1320. The van der Waals surface area contributed by atoms with Crippen LogP contribution in [-0.2, 0) is 21.2 Å². The smallest absolute Gasteiger partial charge is 0.339 e. The highest BCUT2D eigenvalue weighted by atomic mass is 32.2. The average molecular weight is 465 g/mol. The van der Waals surface area contributed by atoms with Crippen molar-refractivity contribution in [3.05, 3.63) is 89.0 Å². The number of amides is 1. The Morgan fingerprint density at radius 2 is 1.73 bits per heavy atom. The number of nitrogens with zero attached hydrogens (tertiary/aromatic N) is 1. The Morgan fingerprint density at radius 1 is 1.00 bits per heavy atom. The zero-order valence-electron chi connectivity index (χ0n) is 18.4. The van der Waals surface area contributed by atoms with Gasteiger partial charge in [0.25, 0.3) is 15.9 Å². The summed E-state index contributed by atoms with van der Waals surface area (Å²) in [6, 6.07) is 18.3. The molecule has 7 nitrogen and oxygen atoms in total. The van der Waals surface area contributed by atoms with Crippen LogP contribution in [0.2, 0.25) is 0 Å². The fraction of sp³-hybridized carbons (Fsp3) is 0.200. The average Bonchev–Trinajstić information content (AvgIpc) is 2.83. The van der Waals surface area contributed by atoms with Gasteiger partial charge in [-0.2, -0.15) is 0 Å². The van der Waals surface area contributed by atoms with Gasteiger partial charge >= 0.3 is 5.97 Å². The van der Waals surface area contributed by atoms with Gasteiger partial charge in [0.05, 0.1) is 28.9 Å². The number of rotatable bonds is 5. The highest BCUT2D eigenvalue weighted by Gasteiger charge is 2.29. The summed E-state index contributed by atoms with van der Waals surface area (Å²) in [5.74, 6) is -0.944. The summed E-state index contributed by atoms with van der Waals surface area (Å²) < 4.78 is 32.7. The van der Waals surface area contributed by atoms with Crippen molar-refractivity contribution in [2.45, 2.75) is 24.7 Å². The predicted octanol–water partition coefficient (Wildman–Crippen LogP) is 4.18. The number of nitrogens with one attached hydrogen (secondary N) is 1. The molecular formula is C25H24N2O5S. The molecular weight excluding hydrogens is 440 g/mol. The molecule has 1 amide bonds. The first-order valence-electron chi connectivity index (χ1n) is 10.5. The van der Waals surface area contributed by atoms with E-state index in [-0.39, 0.29) is 10.5 Å². The SMILES string of the molecule is COC(=O)c1ccccc1NC(=O)c1ccc2c(c1)CCCN2S(=O)(=O)c1ccc(C)cc1. The fourth-order valence-electron chi connectivity index (χ4n) is 3.87. The number of methoxy groups -OCH3 is 1. The Labute approximate surface area is 193 Å². The van der Waals surface area contributed by atoms with Crippen LogP contribution in [0.3, 0.4) is 0 Å². The number of hydrogen-bond donors (Lipinski definition) is 1. The minimum atomic E-state index is -3.71. The normalized spacial score (nSPS) is 13.2. The Hall–Kier alpha value is -3.65. The number of para-hydroxylation sites is 1. The van der Waals surface area contributed by atoms with Crippen LogP contribution in [0.5, 0.6) is 0 Å². The standard InChI is InChI=1S/C25H24N2O5S/c1-17-9-12-20(13-10-17)33(30,31)27-15-5-6-18-16-19(11-14-23(18)27)24(28)26-22-8-4-3-7-21(22)25(29)32-2/h3-4,7-14,16H,5-6,15H2,1-2H3,(H,26,28). The van der Waals surface area contributed by atoms with Crippen molar-refractivity contribution in [3.63, 3.8) is 0 Å². The second kappa shape index (κ2) is 9.07. The van der Waals surface area contributed by atoms with Gasteiger partial charge in [-0.1, -0.05) is 29.8 Å². The van der Waals surface area contributed by atoms with E-state index in [0.29, 0.717) is 36.3 Å². The maximum atomic E-state index is 13.3. The molecule has 1 aliphatic rings. The molecule has 170 valence electrons. The van der Waals surface area contributed by atoms with Gasteiger partial charge in [0, 0.05) is 12.1 Å². The summed E-state index contributed by atoms with van der Waals surface area (Å²) in [6.07, 6.45) is 1.31.